The minimum Gasteiger partial charge on any atom is -0.378 e. The van der Waals surface area contributed by atoms with Crippen LogP contribution in [0.15, 0.2) is 0 Å². The lowest BCUT2D eigenvalue weighted by Crippen LogP contribution is -2.44. The second-order valence-electron chi connectivity index (χ2n) is 3.13. The second kappa shape index (κ2) is 4.62. The standard InChI is InChI=1S/C8H16N2OS/c1-6-5-7(3-4-11-6)10-8(12)9-2/h6-7H,3-5H2,1-2H3,(H2,9,10,12). The van der Waals surface area contributed by atoms with E-state index in [0.717, 1.165) is 24.6 Å². The molecule has 0 spiro atoms. The summed E-state index contributed by atoms with van der Waals surface area (Å²) in [6.45, 7) is 2.93. The van der Waals surface area contributed by atoms with Crippen molar-refractivity contribution >= 4 is 17.3 Å². The normalized spacial score (nSPS) is 29.5. The molecule has 0 aromatic heterocycles. The van der Waals surface area contributed by atoms with E-state index in [1.165, 1.54) is 0 Å². The Balaban J connectivity index is 2.27. The van der Waals surface area contributed by atoms with Crippen molar-refractivity contribution in [1.82, 2.24) is 10.6 Å². The highest BCUT2D eigenvalue weighted by Gasteiger charge is 2.19. The maximum absolute atomic E-state index is 5.42. The Kier molecular flexibility index (Phi) is 3.75. The van der Waals surface area contributed by atoms with Gasteiger partial charge in [-0.2, -0.15) is 0 Å². The summed E-state index contributed by atoms with van der Waals surface area (Å²) in [4.78, 5) is 0. The molecule has 0 bridgehead atoms. The molecule has 12 heavy (non-hydrogen) atoms. The third-order valence-electron chi connectivity index (χ3n) is 2.05. The largest absolute Gasteiger partial charge is 0.378 e. The first-order valence-corrected chi connectivity index (χ1v) is 4.73. The Bertz CT molecular complexity index is 163. The average molecular weight is 188 g/mol. The summed E-state index contributed by atoms with van der Waals surface area (Å²) in [6, 6.07) is 0.480. The van der Waals surface area contributed by atoms with Crippen LogP contribution in [-0.4, -0.2) is 30.9 Å². The Hall–Kier alpha value is -0.350. The van der Waals surface area contributed by atoms with Crippen LogP contribution in [0.25, 0.3) is 0 Å². The Labute approximate surface area is 78.9 Å². The number of nitrogens with one attached hydrogen (secondary N) is 2. The first-order chi connectivity index (χ1) is 5.72. The van der Waals surface area contributed by atoms with Crippen LogP contribution in [0.3, 0.4) is 0 Å². The second-order valence-corrected chi connectivity index (χ2v) is 3.53. The SMILES string of the molecule is CNC(=S)NC1CCOC(C)C1. The predicted octanol–water partition coefficient (Wildman–Crippen LogP) is 0.648. The van der Waals surface area contributed by atoms with Gasteiger partial charge in [-0.1, -0.05) is 0 Å². The first kappa shape index (κ1) is 9.74. The molecule has 1 aliphatic rings. The molecule has 70 valence electrons. The fourth-order valence-electron chi connectivity index (χ4n) is 1.39. The van der Waals surface area contributed by atoms with E-state index in [2.05, 4.69) is 17.6 Å². The summed E-state index contributed by atoms with van der Waals surface area (Å²) in [5.74, 6) is 0. The monoisotopic (exact) mass is 188 g/mol. The van der Waals surface area contributed by atoms with E-state index in [4.69, 9.17) is 17.0 Å². The molecule has 1 saturated heterocycles. The fourth-order valence-corrected chi connectivity index (χ4v) is 1.55. The van der Waals surface area contributed by atoms with Crippen molar-refractivity contribution in [3.63, 3.8) is 0 Å². The molecule has 0 aromatic rings. The van der Waals surface area contributed by atoms with Crippen LogP contribution in [0.2, 0.25) is 0 Å². The summed E-state index contributed by atoms with van der Waals surface area (Å²) in [5, 5.41) is 6.88. The van der Waals surface area contributed by atoms with Gasteiger partial charge in [-0.25, -0.2) is 0 Å². The van der Waals surface area contributed by atoms with Gasteiger partial charge in [-0.05, 0) is 32.0 Å². The zero-order valence-electron chi connectivity index (χ0n) is 7.59. The number of rotatable bonds is 1. The molecule has 0 radical (unpaired) electrons. The molecule has 4 heteroatoms. The van der Waals surface area contributed by atoms with Gasteiger partial charge in [0, 0.05) is 19.7 Å². The average Bonchev–Trinajstić information content (AvgIpc) is 2.04. The van der Waals surface area contributed by atoms with Gasteiger partial charge in [-0.3, -0.25) is 0 Å². The van der Waals surface area contributed by atoms with E-state index in [0.29, 0.717) is 12.1 Å². The van der Waals surface area contributed by atoms with E-state index in [9.17, 15) is 0 Å². The summed E-state index contributed by atoms with van der Waals surface area (Å²) in [7, 11) is 1.83. The van der Waals surface area contributed by atoms with Crippen molar-refractivity contribution < 1.29 is 4.74 Å². The highest BCUT2D eigenvalue weighted by atomic mass is 32.1. The topological polar surface area (TPSA) is 33.3 Å². The van der Waals surface area contributed by atoms with Gasteiger partial charge in [0.05, 0.1) is 6.10 Å². The van der Waals surface area contributed by atoms with Crippen molar-refractivity contribution in [2.75, 3.05) is 13.7 Å². The van der Waals surface area contributed by atoms with Crippen molar-refractivity contribution in [2.24, 2.45) is 0 Å². The maximum atomic E-state index is 5.42. The van der Waals surface area contributed by atoms with Gasteiger partial charge in [0.15, 0.2) is 5.11 Å². The van der Waals surface area contributed by atoms with E-state index < -0.39 is 0 Å². The van der Waals surface area contributed by atoms with E-state index in [1.807, 2.05) is 7.05 Å². The number of thiocarbonyl (C=S) groups is 1. The number of hydrogen-bond acceptors (Lipinski definition) is 2. The minimum atomic E-state index is 0.357. The lowest BCUT2D eigenvalue weighted by Gasteiger charge is -2.28. The van der Waals surface area contributed by atoms with Crippen molar-refractivity contribution in [3.05, 3.63) is 0 Å². The van der Waals surface area contributed by atoms with Gasteiger partial charge < -0.3 is 15.4 Å². The van der Waals surface area contributed by atoms with Crippen LogP contribution in [0.1, 0.15) is 19.8 Å². The van der Waals surface area contributed by atoms with Crippen LogP contribution in [0.5, 0.6) is 0 Å². The molecule has 1 heterocycles. The van der Waals surface area contributed by atoms with Crippen LogP contribution in [0, 0.1) is 0 Å². The maximum Gasteiger partial charge on any atom is 0.166 e. The minimum absolute atomic E-state index is 0.357. The van der Waals surface area contributed by atoms with Crippen molar-refractivity contribution in [3.8, 4) is 0 Å². The zero-order chi connectivity index (χ0) is 8.97. The lowest BCUT2D eigenvalue weighted by atomic mass is 10.1. The Morgan fingerprint density at radius 3 is 2.92 bits per heavy atom. The van der Waals surface area contributed by atoms with Crippen LogP contribution in [0.4, 0.5) is 0 Å². The van der Waals surface area contributed by atoms with Crippen LogP contribution in [-0.2, 0) is 4.74 Å². The van der Waals surface area contributed by atoms with Crippen molar-refractivity contribution in [1.29, 1.82) is 0 Å². The smallest absolute Gasteiger partial charge is 0.166 e. The molecular formula is C8H16N2OS. The molecule has 1 aliphatic heterocycles. The van der Waals surface area contributed by atoms with Gasteiger partial charge in [0.2, 0.25) is 0 Å². The molecule has 1 fully saturated rings. The molecule has 0 saturated carbocycles. The predicted molar refractivity (Wildman–Crippen MR) is 53.2 cm³/mol. The number of hydrogen-bond donors (Lipinski definition) is 2. The molecule has 2 unspecified atom stereocenters. The molecule has 0 aliphatic carbocycles. The first-order valence-electron chi connectivity index (χ1n) is 4.32. The lowest BCUT2D eigenvalue weighted by molar-refractivity contribution is 0.0167. The summed E-state index contributed by atoms with van der Waals surface area (Å²) in [5.41, 5.74) is 0. The highest BCUT2D eigenvalue weighted by molar-refractivity contribution is 7.80. The Morgan fingerprint density at radius 1 is 1.58 bits per heavy atom. The van der Waals surface area contributed by atoms with Gasteiger partial charge in [0.1, 0.15) is 0 Å². The molecule has 3 nitrogen and oxygen atoms in total. The third kappa shape index (κ3) is 2.95. The summed E-state index contributed by atoms with van der Waals surface area (Å²) in [6.07, 6.45) is 2.45. The molecule has 1 rings (SSSR count). The van der Waals surface area contributed by atoms with E-state index >= 15 is 0 Å². The quantitative estimate of drug-likeness (QED) is 0.592. The van der Waals surface area contributed by atoms with E-state index in [-0.39, 0.29) is 0 Å². The third-order valence-corrected chi connectivity index (χ3v) is 2.37. The summed E-state index contributed by atoms with van der Waals surface area (Å²) >= 11 is 5.01. The van der Waals surface area contributed by atoms with Crippen molar-refractivity contribution in [2.45, 2.75) is 31.9 Å². The molecule has 2 atom stereocenters. The molecule has 0 amide bonds. The highest BCUT2D eigenvalue weighted by Crippen LogP contribution is 2.12. The van der Waals surface area contributed by atoms with Gasteiger partial charge >= 0.3 is 0 Å². The molecular weight excluding hydrogens is 172 g/mol. The van der Waals surface area contributed by atoms with Gasteiger partial charge in [-0.15, -0.1) is 0 Å². The zero-order valence-corrected chi connectivity index (χ0v) is 8.41. The van der Waals surface area contributed by atoms with Crippen LogP contribution >= 0.6 is 12.2 Å². The molecule has 2 N–H and O–H groups in total. The van der Waals surface area contributed by atoms with Gasteiger partial charge in [0.25, 0.3) is 0 Å². The molecule has 0 aromatic carbocycles. The van der Waals surface area contributed by atoms with E-state index in [1.54, 1.807) is 0 Å². The van der Waals surface area contributed by atoms with Crippen LogP contribution < -0.4 is 10.6 Å². The Morgan fingerprint density at radius 2 is 2.33 bits per heavy atom. The fraction of sp³-hybridized carbons (Fsp3) is 0.875. The summed E-state index contributed by atoms with van der Waals surface area (Å²) < 4.78 is 5.42. The number of ether oxygens (including phenoxy) is 1.